The molecular weight excluding hydrogens is 280 g/mol. The maximum Gasteiger partial charge on any atom is 0.207 e. The molecule has 0 bridgehead atoms. The van der Waals surface area contributed by atoms with Crippen LogP contribution in [0.5, 0.6) is 0 Å². The molecule has 0 aliphatic carbocycles. The topological polar surface area (TPSA) is 35.1 Å². The van der Waals surface area contributed by atoms with Gasteiger partial charge in [-0.25, -0.2) is 14.8 Å². The molecular formula is C16H14N4S. The first-order chi connectivity index (χ1) is 10.2. The van der Waals surface area contributed by atoms with Gasteiger partial charge in [-0.1, -0.05) is 25.1 Å². The van der Waals surface area contributed by atoms with Crippen molar-refractivity contribution in [3.05, 3.63) is 47.9 Å². The number of fused-ring (bicyclic) bond motifs is 1. The van der Waals surface area contributed by atoms with Gasteiger partial charge in [0.15, 0.2) is 5.65 Å². The molecule has 0 saturated carbocycles. The fraction of sp³-hybridized carbons (Fsp3) is 0.188. The van der Waals surface area contributed by atoms with E-state index in [9.17, 15) is 0 Å². The van der Waals surface area contributed by atoms with E-state index in [0.29, 0.717) is 5.69 Å². The Hall–Kier alpha value is -2.32. The Morgan fingerprint density at radius 2 is 2.14 bits per heavy atom. The van der Waals surface area contributed by atoms with Gasteiger partial charge in [-0.3, -0.25) is 0 Å². The molecule has 0 unspecified atom stereocenters. The SMILES string of the molecule is [C-]#[N+]c1cnc2c(c1)nc(-c1ccccc1SCC)n2C. The molecule has 4 nitrogen and oxygen atoms in total. The highest BCUT2D eigenvalue weighted by atomic mass is 32.2. The van der Waals surface area contributed by atoms with Crippen LogP contribution in [0.15, 0.2) is 41.4 Å². The summed E-state index contributed by atoms with van der Waals surface area (Å²) in [6.07, 6.45) is 1.59. The number of benzene rings is 1. The fourth-order valence-electron chi connectivity index (χ4n) is 2.30. The Bertz CT molecular complexity index is 845. The van der Waals surface area contributed by atoms with E-state index >= 15 is 0 Å². The fourth-order valence-corrected chi connectivity index (χ4v) is 3.10. The van der Waals surface area contributed by atoms with E-state index in [0.717, 1.165) is 28.3 Å². The van der Waals surface area contributed by atoms with E-state index in [1.807, 2.05) is 23.7 Å². The highest BCUT2D eigenvalue weighted by molar-refractivity contribution is 7.99. The Kier molecular flexibility index (Phi) is 3.63. The van der Waals surface area contributed by atoms with Gasteiger partial charge in [-0.15, -0.1) is 11.8 Å². The molecule has 1 aromatic carbocycles. The third kappa shape index (κ3) is 2.39. The van der Waals surface area contributed by atoms with E-state index in [1.54, 1.807) is 24.0 Å². The second-order valence-electron chi connectivity index (χ2n) is 4.57. The van der Waals surface area contributed by atoms with Gasteiger partial charge in [0.25, 0.3) is 0 Å². The first-order valence-corrected chi connectivity index (χ1v) is 7.65. The van der Waals surface area contributed by atoms with Gasteiger partial charge in [-0.05, 0) is 17.9 Å². The van der Waals surface area contributed by atoms with Crippen LogP contribution in [-0.4, -0.2) is 20.3 Å². The third-order valence-corrected chi connectivity index (χ3v) is 4.21. The first-order valence-electron chi connectivity index (χ1n) is 6.66. The van der Waals surface area contributed by atoms with Crippen molar-refractivity contribution in [1.29, 1.82) is 0 Å². The Morgan fingerprint density at radius 3 is 2.90 bits per heavy atom. The van der Waals surface area contributed by atoms with E-state index in [4.69, 9.17) is 6.57 Å². The number of aryl methyl sites for hydroxylation is 1. The van der Waals surface area contributed by atoms with Crippen molar-refractivity contribution in [2.24, 2.45) is 7.05 Å². The number of imidazole rings is 1. The number of rotatable bonds is 3. The van der Waals surface area contributed by atoms with Gasteiger partial charge in [0.1, 0.15) is 5.82 Å². The zero-order chi connectivity index (χ0) is 14.8. The lowest BCUT2D eigenvalue weighted by Gasteiger charge is -2.07. The van der Waals surface area contributed by atoms with Crippen LogP contribution in [0.25, 0.3) is 27.4 Å². The monoisotopic (exact) mass is 294 g/mol. The molecule has 0 N–H and O–H groups in total. The summed E-state index contributed by atoms with van der Waals surface area (Å²) in [5.74, 6) is 1.90. The van der Waals surface area contributed by atoms with Crippen molar-refractivity contribution in [1.82, 2.24) is 14.5 Å². The average Bonchev–Trinajstić information content (AvgIpc) is 2.84. The quantitative estimate of drug-likeness (QED) is 0.533. The van der Waals surface area contributed by atoms with Crippen molar-refractivity contribution in [3.63, 3.8) is 0 Å². The predicted molar refractivity (Wildman–Crippen MR) is 86.6 cm³/mol. The summed E-state index contributed by atoms with van der Waals surface area (Å²) in [6, 6.07) is 10.0. The van der Waals surface area contributed by atoms with Crippen LogP contribution in [-0.2, 0) is 7.05 Å². The minimum atomic E-state index is 0.517. The minimum Gasteiger partial charge on any atom is -0.312 e. The van der Waals surface area contributed by atoms with Crippen molar-refractivity contribution in [2.75, 3.05) is 5.75 Å². The molecule has 3 aromatic rings. The van der Waals surface area contributed by atoms with Crippen molar-refractivity contribution in [2.45, 2.75) is 11.8 Å². The van der Waals surface area contributed by atoms with E-state index < -0.39 is 0 Å². The van der Waals surface area contributed by atoms with E-state index in [1.165, 1.54) is 4.90 Å². The van der Waals surface area contributed by atoms with E-state index in [-0.39, 0.29) is 0 Å². The molecule has 5 heteroatoms. The lowest BCUT2D eigenvalue weighted by atomic mass is 10.2. The first kappa shape index (κ1) is 13.7. The summed E-state index contributed by atoms with van der Waals surface area (Å²) in [5, 5.41) is 0. The highest BCUT2D eigenvalue weighted by Crippen LogP contribution is 2.32. The van der Waals surface area contributed by atoms with Crippen LogP contribution in [0.3, 0.4) is 0 Å². The van der Waals surface area contributed by atoms with Gasteiger partial charge in [-0.2, -0.15) is 0 Å². The summed E-state index contributed by atoms with van der Waals surface area (Å²) >= 11 is 1.80. The van der Waals surface area contributed by atoms with Crippen LogP contribution in [0.4, 0.5) is 5.69 Å². The minimum absolute atomic E-state index is 0.517. The lowest BCUT2D eigenvalue weighted by molar-refractivity contribution is 0.938. The standard InChI is InChI=1S/C16H14N4S/c1-4-21-14-8-6-5-7-12(14)15-19-13-9-11(17-2)10-18-16(13)20(15)3/h5-10H,4H2,1,3H3. The normalized spacial score (nSPS) is 10.7. The smallest absolute Gasteiger partial charge is 0.207 e. The summed E-state index contributed by atoms with van der Waals surface area (Å²) < 4.78 is 1.98. The zero-order valence-electron chi connectivity index (χ0n) is 11.9. The highest BCUT2D eigenvalue weighted by Gasteiger charge is 2.14. The maximum absolute atomic E-state index is 7.08. The second kappa shape index (κ2) is 5.58. The van der Waals surface area contributed by atoms with Crippen molar-refractivity contribution in [3.8, 4) is 11.4 Å². The van der Waals surface area contributed by atoms with Crippen LogP contribution in [0.1, 0.15) is 6.92 Å². The number of hydrogen-bond acceptors (Lipinski definition) is 3. The molecule has 104 valence electrons. The maximum atomic E-state index is 7.08. The van der Waals surface area contributed by atoms with Crippen LogP contribution in [0, 0.1) is 6.57 Å². The Labute approximate surface area is 127 Å². The summed E-state index contributed by atoms with van der Waals surface area (Å²) in [5.41, 5.74) is 3.18. The summed E-state index contributed by atoms with van der Waals surface area (Å²) in [4.78, 5) is 13.7. The summed E-state index contributed by atoms with van der Waals surface area (Å²) in [6.45, 7) is 9.22. The molecule has 0 aliphatic rings. The molecule has 2 heterocycles. The number of thioether (sulfide) groups is 1. The molecule has 0 spiro atoms. The lowest BCUT2D eigenvalue weighted by Crippen LogP contribution is -1.95. The van der Waals surface area contributed by atoms with Crippen LogP contribution >= 0.6 is 11.8 Å². The molecule has 2 aromatic heterocycles. The van der Waals surface area contributed by atoms with Gasteiger partial charge >= 0.3 is 0 Å². The largest absolute Gasteiger partial charge is 0.312 e. The summed E-state index contributed by atoms with van der Waals surface area (Å²) in [7, 11) is 1.96. The molecule has 0 amide bonds. The number of pyridine rings is 1. The molecule has 0 atom stereocenters. The number of hydrogen-bond donors (Lipinski definition) is 0. The second-order valence-corrected chi connectivity index (χ2v) is 5.88. The molecule has 0 aliphatic heterocycles. The van der Waals surface area contributed by atoms with Crippen molar-refractivity contribution < 1.29 is 0 Å². The van der Waals surface area contributed by atoms with E-state index in [2.05, 4.69) is 33.9 Å². The van der Waals surface area contributed by atoms with Gasteiger partial charge in [0.2, 0.25) is 5.69 Å². The molecule has 21 heavy (non-hydrogen) atoms. The Morgan fingerprint density at radius 1 is 1.33 bits per heavy atom. The van der Waals surface area contributed by atoms with Gasteiger partial charge in [0.05, 0.1) is 12.1 Å². The van der Waals surface area contributed by atoms with Crippen molar-refractivity contribution >= 4 is 28.6 Å². The molecule has 0 saturated heterocycles. The average molecular weight is 294 g/mol. The number of aromatic nitrogens is 3. The molecule has 3 rings (SSSR count). The van der Waals surface area contributed by atoms with Crippen LogP contribution < -0.4 is 0 Å². The molecule has 0 radical (unpaired) electrons. The predicted octanol–water partition coefficient (Wildman–Crippen LogP) is 4.30. The van der Waals surface area contributed by atoms with Gasteiger partial charge in [0, 0.05) is 23.7 Å². The zero-order valence-corrected chi connectivity index (χ0v) is 12.7. The van der Waals surface area contributed by atoms with Crippen LogP contribution in [0.2, 0.25) is 0 Å². The number of nitrogens with zero attached hydrogens (tertiary/aromatic N) is 4. The van der Waals surface area contributed by atoms with Gasteiger partial charge < -0.3 is 4.57 Å². The Balaban J connectivity index is 2.22. The molecule has 0 fully saturated rings. The third-order valence-electron chi connectivity index (χ3n) is 3.25.